The van der Waals surface area contributed by atoms with E-state index in [4.69, 9.17) is 0 Å². The van der Waals surface area contributed by atoms with Gasteiger partial charge in [-0.25, -0.2) is 0 Å². The van der Waals surface area contributed by atoms with E-state index in [1.54, 1.807) is 0 Å². The summed E-state index contributed by atoms with van der Waals surface area (Å²) in [5.74, 6) is 1.32. The van der Waals surface area contributed by atoms with Gasteiger partial charge in [-0.15, -0.1) is 0 Å². The maximum Gasteiger partial charge on any atom is 0.0447 e. The fourth-order valence-electron chi connectivity index (χ4n) is 2.45. The van der Waals surface area contributed by atoms with E-state index in [0.717, 1.165) is 25.3 Å². The monoisotopic (exact) mass is 291 g/mol. The molecule has 0 spiro atoms. The zero-order valence-electron chi connectivity index (χ0n) is 14.9. The van der Waals surface area contributed by atoms with Gasteiger partial charge in [0.05, 0.1) is 0 Å². The Bertz CT molecular complexity index is 424. The molecule has 0 atom stereocenters. The molecule has 0 bridgehead atoms. The molecule has 0 radical (unpaired) electrons. The van der Waals surface area contributed by atoms with Crippen LogP contribution in [0.5, 0.6) is 0 Å². The summed E-state index contributed by atoms with van der Waals surface area (Å²) in [5.41, 5.74) is 3.73. The molecule has 1 rings (SSSR count). The average Bonchev–Trinajstić information content (AvgIpc) is 2.37. The van der Waals surface area contributed by atoms with Crippen molar-refractivity contribution in [3.05, 3.63) is 23.5 Å². The van der Waals surface area contributed by atoms with Gasteiger partial charge in [0, 0.05) is 42.3 Å². The minimum atomic E-state index is 0.498. The highest BCUT2D eigenvalue weighted by molar-refractivity contribution is 5.54. The molecule has 0 aliphatic carbocycles. The van der Waals surface area contributed by atoms with Crippen molar-refractivity contribution in [3.8, 4) is 0 Å². The Morgan fingerprint density at radius 1 is 1.10 bits per heavy atom. The van der Waals surface area contributed by atoms with E-state index >= 15 is 0 Å². The van der Waals surface area contributed by atoms with Crippen LogP contribution < -0.4 is 10.2 Å². The Labute approximate surface area is 131 Å². The maximum atomic E-state index is 4.49. The summed E-state index contributed by atoms with van der Waals surface area (Å²) in [7, 11) is 0. The average molecular weight is 291 g/mol. The summed E-state index contributed by atoms with van der Waals surface area (Å²) in [4.78, 5) is 7.00. The quantitative estimate of drug-likeness (QED) is 0.784. The number of rotatable bonds is 8. The second-order valence-electron chi connectivity index (χ2n) is 7.12. The summed E-state index contributed by atoms with van der Waals surface area (Å²) in [6.07, 6.45) is 2.04. The number of hydrogen-bond donors (Lipinski definition) is 1. The van der Waals surface area contributed by atoms with Crippen molar-refractivity contribution >= 4 is 5.69 Å². The molecule has 1 aromatic heterocycles. The van der Waals surface area contributed by atoms with E-state index in [-0.39, 0.29) is 0 Å². The lowest BCUT2D eigenvalue weighted by Gasteiger charge is -2.32. The first-order valence-corrected chi connectivity index (χ1v) is 8.24. The van der Waals surface area contributed by atoms with Crippen LogP contribution in [0.4, 0.5) is 5.69 Å². The first kappa shape index (κ1) is 18.0. The molecule has 0 amide bonds. The lowest BCUT2D eigenvalue weighted by Crippen LogP contribution is -2.35. The van der Waals surface area contributed by atoms with Crippen LogP contribution in [-0.2, 0) is 6.54 Å². The van der Waals surface area contributed by atoms with Gasteiger partial charge in [-0.1, -0.05) is 27.7 Å². The highest BCUT2D eigenvalue weighted by Crippen LogP contribution is 2.24. The van der Waals surface area contributed by atoms with Gasteiger partial charge in [0.25, 0.3) is 0 Å². The fraction of sp³-hybridized carbons (Fsp3) is 0.722. The van der Waals surface area contributed by atoms with Crippen LogP contribution in [0.3, 0.4) is 0 Å². The Balaban J connectivity index is 2.97. The SMILES string of the molecule is Cc1cc(N(CC(C)C)C(C)C)c(CNCC(C)C)cn1. The number of pyridine rings is 1. The van der Waals surface area contributed by atoms with E-state index in [1.165, 1.54) is 11.3 Å². The summed E-state index contributed by atoms with van der Waals surface area (Å²) >= 11 is 0. The predicted molar refractivity (Wildman–Crippen MR) is 92.8 cm³/mol. The molecular weight excluding hydrogens is 258 g/mol. The van der Waals surface area contributed by atoms with Gasteiger partial charge in [-0.05, 0) is 45.2 Å². The van der Waals surface area contributed by atoms with Crippen LogP contribution in [0, 0.1) is 18.8 Å². The second kappa shape index (κ2) is 8.38. The molecule has 0 aliphatic rings. The van der Waals surface area contributed by atoms with E-state index in [1.807, 2.05) is 6.20 Å². The third-order valence-electron chi connectivity index (χ3n) is 3.46. The lowest BCUT2D eigenvalue weighted by molar-refractivity contribution is 0.545. The molecule has 0 unspecified atom stereocenters. The van der Waals surface area contributed by atoms with Crippen LogP contribution in [0.15, 0.2) is 12.3 Å². The molecule has 3 heteroatoms. The van der Waals surface area contributed by atoms with Gasteiger partial charge in [-0.3, -0.25) is 4.98 Å². The maximum absolute atomic E-state index is 4.49. The number of nitrogens with one attached hydrogen (secondary N) is 1. The number of anilines is 1. The van der Waals surface area contributed by atoms with Crippen LogP contribution >= 0.6 is 0 Å². The van der Waals surface area contributed by atoms with Crippen molar-refractivity contribution in [1.29, 1.82) is 0 Å². The zero-order chi connectivity index (χ0) is 16.0. The number of hydrogen-bond acceptors (Lipinski definition) is 3. The van der Waals surface area contributed by atoms with Crippen molar-refractivity contribution in [2.45, 2.75) is 61.1 Å². The predicted octanol–water partition coefficient (Wildman–Crippen LogP) is 4.01. The summed E-state index contributed by atoms with van der Waals surface area (Å²) in [6, 6.07) is 2.73. The Morgan fingerprint density at radius 2 is 1.76 bits per heavy atom. The molecule has 3 nitrogen and oxygen atoms in total. The highest BCUT2D eigenvalue weighted by atomic mass is 15.2. The smallest absolute Gasteiger partial charge is 0.0447 e. The molecule has 0 aromatic carbocycles. The number of aryl methyl sites for hydroxylation is 1. The molecule has 1 N–H and O–H groups in total. The van der Waals surface area contributed by atoms with Crippen LogP contribution in [0.1, 0.15) is 52.8 Å². The molecule has 0 saturated heterocycles. The molecular formula is C18H33N3. The van der Waals surface area contributed by atoms with Gasteiger partial charge in [0.15, 0.2) is 0 Å². The molecule has 120 valence electrons. The summed E-state index contributed by atoms with van der Waals surface area (Å²) in [6.45, 7) is 18.6. The van der Waals surface area contributed by atoms with E-state index < -0.39 is 0 Å². The normalized spacial score (nSPS) is 11.7. The van der Waals surface area contributed by atoms with Crippen LogP contribution in [0.25, 0.3) is 0 Å². The van der Waals surface area contributed by atoms with Crippen molar-refractivity contribution in [3.63, 3.8) is 0 Å². The van der Waals surface area contributed by atoms with Crippen molar-refractivity contribution in [2.75, 3.05) is 18.0 Å². The molecule has 1 heterocycles. The van der Waals surface area contributed by atoms with Crippen LogP contribution in [-0.4, -0.2) is 24.1 Å². The third-order valence-corrected chi connectivity index (χ3v) is 3.46. The molecule has 21 heavy (non-hydrogen) atoms. The van der Waals surface area contributed by atoms with Crippen molar-refractivity contribution < 1.29 is 0 Å². The molecule has 0 aliphatic heterocycles. The minimum absolute atomic E-state index is 0.498. The highest BCUT2D eigenvalue weighted by Gasteiger charge is 2.16. The van der Waals surface area contributed by atoms with Gasteiger partial charge in [0.2, 0.25) is 0 Å². The van der Waals surface area contributed by atoms with E-state index in [2.05, 4.69) is 69.7 Å². The topological polar surface area (TPSA) is 28.2 Å². The van der Waals surface area contributed by atoms with Gasteiger partial charge < -0.3 is 10.2 Å². The van der Waals surface area contributed by atoms with Crippen molar-refractivity contribution in [2.24, 2.45) is 11.8 Å². The largest absolute Gasteiger partial charge is 0.368 e. The van der Waals surface area contributed by atoms with Crippen molar-refractivity contribution in [1.82, 2.24) is 10.3 Å². The van der Waals surface area contributed by atoms with Crippen LogP contribution in [0.2, 0.25) is 0 Å². The summed E-state index contributed by atoms with van der Waals surface area (Å²) < 4.78 is 0. The molecule has 0 saturated carbocycles. The minimum Gasteiger partial charge on any atom is -0.368 e. The van der Waals surface area contributed by atoms with Gasteiger partial charge in [0.1, 0.15) is 0 Å². The Hall–Kier alpha value is -1.09. The van der Waals surface area contributed by atoms with E-state index in [0.29, 0.717) is 17.9 Å². The zero-order valence-corrected chi connectivity index (χ0v) is 14.9. The standard InChI is InChI=1S/C18H33N3/c1-13(2)9-19-10-17-11-20-16(7)8-18(17)21(15(5)6)12-14(3)4/h8,11,13-15,19H,9-10,12H2,1-7H3. The van der Waals surface area contributed by atoms with Gasteiger partial charge in [-0.2, -0.15) is 0 Å². The Kier molecular flexibility index (Phi) is 7.16. The van der Waals surface area contributed by atoms with Gasteiger partial charge >= 0.3 is 0 Å². The first-order chi connectivity index (χ1) is 9.81. The Morgan fingerprint density at radius 3 is 2.29 bits per heavy atom. The number of aromatic nitrogens is 1. The fourth-order valence-corrected chi connectivity index (χ4v) is 2.45. The molecule has 1 aromatic rings. The lowest BCUT2D eigenvalue weighted by atomic mass is 10.1. The number of nitrogens with zero attached hydrogens (tertiary/aromatic N) is 2. The summed E-state index contributed by atoms with van der Waals surface area (Å²) in [5, 5.41) is 3.54. The molecule has 0 fully saturated rings. The third kappa shape index (κ3) is 6.04. The second-order valence-corrected chi connectivity index (χ2v) is 7.12. The van der Waals surface area contributed by atoms with E-state index in [9.17, 15) is 0 Å². The first-order valence-electron chi connectivity index (χ1n) is 8.24.